The van der Waals surface area contributed by atoms with Crippen LogP contribution < -0.4 is 10.6 Å². The molecule has 15 heavy (non-hydrogen) atoms. The van der Waals surface area contributed by atoms with Crippen LogP contribution in [0.15, 0.2) is 18.5 Å². The Labute approximate surface area is 92.3 Å². The van der Waals surface area contributed by atoms with E-state index >= 15 is 0 Å². The molecule has 0 aromatic carbocycles. The first-order chi connectivity index (χ1) is 7.38. The molecule has 2 rings (SSSR count). The summed E-state index contributed by atoms with van der Waals surface area (Å²) in [5.41, 5.74) is 7.79. The summed E-state index contributed by atoms with van der Waals surface area (Å²) in [6.07, 6.45) is 7.44. The fourth-order valence-electron chi connectivity index (χ4n) is 1.82. The summed E-state index contributed by atoms with van der Waals surface area (Å²) in [7, 11) is 0. The molecule has 3 nitrogen and oxygen atoms in total. The molecule has 1 saturated heterocycles. The maximum absolute atomic E-state index is 5.85. The van der Waals surface area contributed by atoms with Crippen molar-refractivity contribution in [2.75, 3.05) is 23.7 Å². The van der Waals surface area contributed by atoms with E-state index in [1.165, 1.54) is 19.3 Å². The van der Waals surface area contributed by atoms with Crippen molar-refractivity contribution in [3.05, 3.63) is 18.5 Å². The lowest BCUT2D eigenvalue weighted by Gasteiger charge is -2.29. The highest BCUT2D eigenvalue weighted by Crippen LogP contribution is 2.24. The minimum absolute atomic E-state index is 0.796. The topological polar surface area (TPSA) is 42.1 Å². The number of nitrogens with two attached hydrogens (primary N) is 1. The summed E-state index contributed by atoms with van der Waals surface area (Å²) in [4.78, 5) is 6.34. The Morgan fingerprint density at radius 1 is 1.20 bits per heavy atom. The number of piperidine rings is 1. The summed E-state index contributed by atoms with van der Waals surface area (Å²) in [5, 5.41) is 0. The van der Waals surface area contributed by atoms with Gasteiger partial charge in [-0.1, -0.05) is 13.8 Å². The van der Waals surface area contributed by atoms with Gasteiger partial charge in [-0.05, 0) is 25.3 Å². The Bertz CT molecular complexity index is 280. The number of aromatic nitrogens is 1. The monoisotopic (exact) mass is 207 g/mol. The smallest absolute Gasteiger partial charge is 0.0738 e. The fourth-order valence-corrected chi connectivity index (χ4v) is 1.82. The van der Waals surface area contributed by atoms with E-state index in [0.29, 0.717) is 0 Å². The van der Waals surface area contributed by atoms with Crippen LogP contribution in [0.2, 0.25) is 0 Å². The molecule has 1 aromatic rings. The highest BCUT2D eigenvalue weighted by Gasteiger charge is 2.12. The van der Waals surface area contributed by atoms with Crippen LogP contribution in [0.4, 0.5) is 11.4 Å². The van der Waals surface area contributed by atoms with Crippen molar-refractivity contribution in [2.24, 2.45) is 0 Å². The third-order valence-corrected chi connectivity index (χ3v) is 2.52. The number of pyridine rings is 1. The lowest BCUT2D eigenvalue weighted by Crippen LogP contribution is -2.29. The summed E-state index contributed by atoms with van der Waals surface area (Å²) < 4.78 is 0. The second kappa shape index (κ2) is 6.27. The lowest BCUT2D eigenvalue weighted by atomic mass is 10.1. The molecule has 3 heteroatoms. The van der Waals surface area contributed by atoms with Crippen molar-refractivity contribution in [3.63, 3.8) is 0 Å². The molecule has 0 amide bonds. The van der Waals surface area contributed by atoms with Crippen LogP contribution in [0.5, 0.6) is 0 Å². The molecule has 0 unspecified atom stereocenters. The number of nitrogen functional groups attached to an aromatic ring is 1. The number of rotatable bonds is 1. The molecule has 0 radical (unpaired) electrons. The molecule has 1 aliphatic rings. The number of hydrogen-bond acceptors (Lipinski definition) is 3. The van der Waals surface area contributed by atoms with Gasteiger partial charge in [0.05, 0.1) is 17.6 Å². The first-order valence-corrected chi connectivity index (χ1v) is 5.82. The van der Waals surface area contributed by atoms with E-state index in [2.05, 4.69) is 9.88 Å². The molecule has 1 fully saturated rings. The second-order valence-electron chi connectivity index (χ2n) is 3.48. The lowest BCUT2D eigenvalue weighted by molar-refractivity contribution is 0.578. The van der Waals surface area contributed by atoms with Gasteiger partial charge < -0.3 is 10.6 Å². The first-order valence-electron chi connectivity index (χ1n) is 5.82. The predicted octanol–water partition coefficient (Wildman–Crippen LogP) is 2.68. The van der Waals surface area contributed by atoms with Gasteiger partial charge in [-0.3, -0.25) is 4.98 Å². The van der Waals surface area contributed by atoms with Gasteiger partial charge in [0.15, 0.2) is 0 Å². The van der Waals surface area contributed by atoms with Gasteiger partial charge in [-0.2, -0.15) is 0 Å². The zero-order valence-electron chi connectivity index (χ0n) is 9.74. The molecule has 2 N–H and O–H groups in total. The highest BCUT2D eigenvalue weighted by molar-refractivity contribution is 5.65. The molecule has 1 aliphatic heterocycles. The molecule has 0 saturated carbocycles. The van der Waals surface area contributed by atoms with Gasteiger partial charge in [0.25, 0.3) is 0 Å². The molecular weight excluding hydrogens is 186 g/mol. The molecule has 2 heterocycles. The predicted molar refractivity (Wildman–Crippen MR) is 66.1 cm³/mol. The zero-order valence-corrected chi connectivity index (χ0v) is 9.74. The molecule has 0 spiro atoms. The maximum Gasteiger partial charge on any atom is 0.0738 e. The van der Waals surface area contributed by atoms with Gasteiger partial charge in [0, 0.05) is 19.3 Å². The normalized spacial score (nSPS) is 15.5. The first kappa shape index (κ1) is 11.8. The van der Waals surface area contributed by atoms with Gasteiger partial charge in [-0.25, -0.2) is 0 Å². The van der Waals surface area contributed by atoms with Crippen molar-refractivity contribution in [1.82, 2.24) is 4.98 Å². The average molecular weight is 207 g/mol. The maximum atomic E-state index is 5.85. The molecule has 84 valence electrons. The minimum Gasteiger partial charge on any atom is -0.396 e. The Morgan fingerprint density at radius 2 is 1.87 bits per heavy atom. The second-order valence-corrected chi connectivity index (χ2v) is 3.48. The molecule has 0 bridgehead atoms. The summed E-state index contributed by atoms with van der Waals surface area (Å²) in [5.74, 6) is 0. The fraction of sp³-hybridized carbons (Fsp3) is 0.583. The third-order valence-electron chi connectivity index (χ3n) is 2.52. The van der Waals surface area contributed by atoms with Gasteiger partial charge in [-0.15, -0.1) is 0 Å². The van der Waals surface area contributed by atoms with Crippen LogP contribution in [0.25, 0.3) is 0 Å². The molecular formula is C12H21N3. The van der Waals surface area contributed by atoms with Crippen molar-refractivity contribution >= 4 is 11.4 Å². The van der Waals surface area contributed by atoms with E-state index in [9.17, 15) is 0 Å². The van der Waals surface area contributed by atoms with Gasteiger partial charge in [0.2, 0.25) is 0 Å². The summed E-state index contributed by atoms with van der Waals surface area (Å²) in [6, 6.07) is 2.00. The third kappa shape index (κ3) is 3.11. The Hall–Kier alpha value is -1.25. The van der Waals surface area contributed by atoms with Crippen LogP contribution in [-0.4, -0.2) is 18.1 Å². The van der Waals surface area contributed by atoms with Crippen molar-refractivity contribution in [2.45, 2.75) is 33.1 Å². The number of anilines is 2. The van der Waals surface area contributed by atoms with Crippen molar-refractivity contribution in [1.29, 1.82) is 0 Å². The standard InChI is InChI=1S/C10H15N3.C2H6/c11-9-8-12-5-4-10(9)13-6-2-1-3-7-13;1-2/h4-5,8H,1-3,6-7,11H2;1-2H3. The average Bonchev–Trinajstić information content (AvgIpc) is 2.33. The van der Waals surface area contributed by atoms with Crippen LogP contribution >= 0.6 is 0 Å². The quantitative estimate of drug-likeness (QED) is 0.770. The highest BCUT2D eigenvalue weighted by atomic mass is 15.1. The van der Waals surface area contributed by atoms with E-state index < -0.39 is 0 Å². The summed E-state index contributed by atoms with van der Waals surface area (Å²) in [6.45, 7) is 6.27. The molecule has 1 aromatic heterocycles. The van der Waals surface area contributed by atoms with E-state index in [1.54, 1.807) is 12.4 Å². The van der Waals surface area contributed by atoms with Gasteiger partial charge >= 0.3 is 0 Å². The molecule has 0 aliphatic carbocycles. The van der Waals surface area contributed by atoms with Crippen LogP contribution in [-0.2, 0) is 0 Å². The molecule has 0 atom stereocenters. The number of nitrogens with zero attached hydrogens (tertiary/aromatic N) is 2. The van der Waals surface area contributed by atoms with E-state index in [1.807, 2.05) is 19.9 Å². The Kier molecular flexibility index (Phi) is 4.95. The largest absolute Gasteiger partial charge is 0.396 e. The van der Waals surface area contributed by atoms with E-state index in [-0.39, 0.29) is 0 Å². The van der Waals surface area contributed by atoms with E-state index in [0.717, 1.165) is 24.5 Å². The van der Waals surface area contributed by atoms with Crippen LogP contribution in [0.3, 0.4) is 0 Å². The Morgan fingerprint density at radius 3 is 2.47 bits per heavy atom. The van der Waals surface area contributed by atoms with E-state index in [4.69, 9.17) is 5.73 Å². The Balaban J connectivity index is 0.000000531. The van der Waals surface area contributed by atoms with Crippen LogP contribution in [0, 0.1) is 0 Å². The number of hydrogen-bond donors (Lipinski definition) is 1. The van der Waals surface area contributed by atoms with Gasteiger partial charge in [0.1, 0.15) is 0 Å². The van der Waals surface area contributed by atoms with Crippen LogP contribution in [0.1, 0.15) is 33.1 Å². The van der Waals surface area contributed by atoms with Crippen molar-refractivity contribution < 1.29 is 0 Å². The minimum atomic E-state index is 0.796. The SMILES string of the molecule is CC.Nc1cnccc1N1CCCCC1. The summed E-state index contributed by atoms with van der Waals surface area (Å²) >= 11 is 0. The van der Waals surface area contributed by atoms with Crippen molar-refractivity contribution in [3.8, 4) is 0 Å². The zero-order chi connectivity index (χ0) is 11.1.